The molecule has 1 unspecified atom stereocenters. The summed E-state index contributed by atoms with van der Waals surface area (Å²) in [6.45, 7) is -0.347. The van der Waals surface area contributed by atoms with Crippen molar-refractivity contribution in [2.24, 2.45) is 0 Å². The van der Waals surface area contributed by atoms with Crippen molar-refractivity contribution in [3.8, 4) is 0 Å². The van der Waals surface area contributed by atoms with Crippen LogP contribution in [0.1, 0.15) is 10.8 Å². The van der Waals surface area contributed by atoms with Crippen LogP contribution in [0.4, 0.5) is 5.69 Å². The number of carboxylic acid groups (broad SMARTS) is 1. The van der Waals surface area contributed by atoms with Crippen molar-refractivity contribution in [3.63, 3.8) is 0 Å². The summed E-state index contributed by atoms with van der Waals surface area (Å²) >= 11 is 7.31. The van der Waals surface area contributed by atoms with Crippen LogP contribution in [0.5, 0.6) is 0 Å². The van der Waals surface area contributed by atoms with Crippen LogP contribution in [-0.4, -0.2) is 23.5 Å². The third kappa shape index (κ3) is 2.82. The molecule has 0 aromatic heterocycles. The van der Waals surface area contributed by atoms with Crippen molar-refractivity contribution in [1.82, 2.24) is 0 Å². The first-order valence-electron chi connectivity index (χ1n) is 6.60. The zero-order valence-electron chi connectivity index (χ0n) is 11.4. The van der Waals surface area contributed by atoms with Crippen LogP contribution >= 0.6 is 23.4 Å². The molecule has 2 aromatic rings. The molecular weight excluding hydrogens is 322 g/mol. The molecule has 1 N–H and O–H groups in total. The van der Waals surface area contributed by atoms with Crippen LogP contribution in [0, 0.1) is 0 Å². The van der Waals surface area contributed by atoms with E-state index in [1.165, 1.54) is 16.7 Å². The Balaban J connectivity index is 2.02. The molecule has 0 saturated carbocycles. The van der Waals surface area contributed by atoms with Gasteiger partial charge in [0.2, 0.25) is 5.91 Å². The number of hydrogen-bond acceptors (Lipinski definition) is 3. The number of hydrogen-bond donors (Lipinski definition) is 1. The third-order valence-electron chi connectivity index (χ3n) is 3.36. The SMILES string of the molecule is O=C(O)CN1C(=O)C(c2ccc(Cl)cc2)Sc2ccccc21. The number of carboxylic acids is 1. The lowest BCUT2D eigenvalue weighted by Crippen LogP contribution is -2.40. The van der Waals surface area contributed by atoms with Gasteiger partial charge < -0.3 is 5.11 Å². The summed E-state index contributed by atoms with van der Waals surface area (Å²) in [5.74, 6) is -1.27. The molecule has 6 heteroatoms. The highest BCUT2D eigenvalue weighted by Gasteiger charge is 2.35. The van der Waals surface area contributed by atoms with E-state index < -0.39 is 11.2 Å². The molecule has 0 radical (unpaired) electrons. The number of thioether (sulfide) groups is 1. The number of fused-ring (bicyclic) bond motifs is 1. The number of anilines is 1. The molecule has 0 saturated heterocycles. The molecule has 0 spiro atoms. The first-order chi connectivity index (χ1) is 10.6. The normalized spacial score (nSPS) is 17.2. The van der Waals surface area contributed by atoms with Crippen LogP contribution in [0.15, 0.2) is 53.4 Å². The van der Waals surface area contributed by atoms with Gasteiger partial charge in [-0.3, -0.25) is 14.5 Å². The van der Waals surface area contributed by atoms with Gasteiger partial charge in [0.1, 0.15) is 11.8 Å². The Bertz CT molecular complexity index is 732. The largest absolute Gasteiger partial charge is 0.480 e. The van der Waals surface area contributed by atoms with Crippen LogP contribution in [0.2, 0.25) is 5.02 Å². The molecule has 1 atom stereocenters. The monoisotopic (exact) mass is 333 g/mol. The Hall–Kier alpha value is -1.98. The van der Waals surface area contributed by atoms with Crippen molar-refractivity contribution in [1.29, 1.82) is 0 Å². The molecule has 1 heterocycles. The van der Waals surface area contributed by atoms with Gasteiger partial charge in [-0.05, 0) is 29.8 Å². The van der Waals surface area contributed by atoms with Crippen molar-refractivity contribution in [2.45, 2.75) is 10.1 Å². The molecule has 0 fully saturated rings. The molecule has 0 aliphatic carbocycles. The summed E-state index contributed by atoms with van der Waals surface area (Å²) in [6, 6.07) is 14.4. The Kier molecular flexibility index (Phi) is 4.09. The zero-order chi connectivity index (χ0) is 15.7. The van der Waals surface area contributed by atoms with Gasteiger partial charge in [-0.15, -0.1) is 11.8 Å². The van der Waals surface area contributed by atoms with E-state index in [1.54, 1.807) is 36.4 Å². The highest BCUT2D eigenvalue weighted by molar-refractivity contribution is 8.00. The Morgan fingerprint density at radius 3 is 2.55 bits per heavy atom. The molecule has 1 aliphatic rings. The predicted molar refractivity (Wildman–Crippen MR) is 86.5 cm³/mol. The Morgan fingerprint density at radius 2 is 1.86 bits per heavy atom. The topological polar surface area (TPSA) is 57.6 Å². The lowest BCUT2D eigenvalue weighted by atomic mass is 10.1. The number of carbonyl (C=O) groups excluding carboxylic acids is 1. The van der Waals surface area contributed by atoms with Gasteiger partial charge in [-0.2, -0.15) is 0 Å². The van der Waals surface area contributed by atoms with Crippen LogP contribution in [0.25, 0.3) is 0 Å². The lowest BCUT2D eigenvalue weighted by Gasteiger charge is -2.32. The molecule has 2 aromatic carbocycles. The highest BCUT2D eigenvalue weighted by Crippen LogP contribution is 2.46. The average Bonchev–Trinajstić information content (AvgIpc) is 2.50. The van der Waals surface area contributed by atoms with E-state index in [1.807, 2.05) is 12.1 Å². The number of amides is 1. The van der Waals surface area contributed by atoms with Gasteiger partial charge in [-0.1, -0.05) is 35.9 Å². The fourth-order valence-electron chi connectivity index (χ4n) is 2.36. The van der Waals surface area contributed by atoms with E-state index in [2.05, 4.69) is 0 Å². The summed E-state index contributed by atoms with van der Waals surface area (Å²) in [5, 5.41) is 9.22. The van der Waals surface area contributed by atoms with Crippen molar-refractivity contribution in [2.75, 3.05) is 11.4 Å². The summed E-state index contributed by atoms with van der Waals surface area (Å²) in [4.78, 5) is 26.0. The molecule has 0 bridgehead atoms. The number of halogens is 1. The number of nitrogens with zero attached hydrogens (tertiary/aromatic N) is 1. The number of carbonyl (C=O) groups is 2. The maximum atomic E-state index is 12.7. The van der Waals surface area contributed by atoms with E-state index in [9.17, 15) is 9.59 Å². The minimum Gasteiger partial charge on any atom is -0.480 e. The van der Waals surface area contributed by atoms with Gasteiger partial charge in [0.25, 0.3) is 0 Å². The second-order valence-corrected chi connectivity index (χ2v) is 6.42. The van der Waals surface area contributed by atoms with Crippen molar-refractivity contribution in [3.05, 3.63) is 59.1 Å². The molecular formula is C16H12ClNO3S. The highest BCUT2D eigenvalue weighted by atomic mass is 35.5. The number of benzene rings is 2. The van der Waals surface area contributed by atoms with Gasteiger partial charge in [0, 0.05) is 9.92 Å². The van der Waals surface area contributed by atoms with Gasteiger partial charge in [0.05, 0.1) is 5.69 Å². The molecule has 3 rings (SSSR count). The minimum absolute atomic E-state index is 0.228. The average molecular weight is 334 g/mol. The Labute approximate surface area is 136 Å². The fourth-order valence-corrected chi connectivity index (χ4v) is 3.72. The maximum Gasteiger partial charge on any atom is 0.323 e. The fraction of sp³-hybridized carbons (Fsp3) is 0.125. The Morgan fingerprint density at radius 1 is 1.18 bits per heavy atom. The van der Waals surface area contributed by atoms with Crippen LogP contribution < -0.4 is 4.90 Å². The van der Waals surface area contributed by atoms with Crippen molar-refractivity contribution < 1.29 is 14.7 Å². The summed E-state index contributed by atoms with van der Waals surface area (Å²) in [5.41, 5.74) is 1.45. The molecule has 1 aliphatic heterocycles. The van der Waals surface area contributed by atoms with Crippen LogP contribution in [0.3, 0.4) is 0 Å². The van der Waals surface area contributed by atoms with Crippen LogP contribution in [-0.2, 0) is 9.59 Å². The van der Waals surface area contributed by atoms with E-state index in [-0.39, 0.29) is 12.5 Å². The number of aliphatic carboxylic acids is 1. The zero-order valence-corrected chi connectivity index (χ0v) is 13.0. The quantitative estimate of drug-likeness (QED) is 0.932. The number of rotatable bonds is 3. The predicted octanol–water partition coefficient (Wildman–Crippen LogP) is 3.60. The molecule has 112 valence electrons. The molecule has 22 heavy (non-hydrogen) atoms. The molecule has 4 nitrogen and oxygen atoms in total. The van der Waals surface area contributed by atoms with E-state index >= 15 is 0 Å². The number of para-hydroxylation sites is 1. The maximum absolute atomic E-state index is 12.7. The minimum atomic E-state index is -1.04. The van der Waals surface area contributed by atoms with Gasteiger partial charge in [-0.25, -0.2) is 0 Å². The second-order valence-electron chi connectivity index (χ2n) is 4.84. The smallest absolute Gasteiger partial charge is 0.323 e. The van der Waals surface area contributed by atoms with Gasteiger partial charge >= 0.3 is 5.97 Å². The summed E-state index contributed by atoms with van der Waals surface area (Å²) in [6.07, 6.45) is 0. The van der Waals surface area contributed by atoms with Crippen molar-refractivity contribution >= 4 is 40.9 Å². The van der Waals surface area contributed by atoms with E-state index in [0.29, 0.717) is 10.7 Å². The molecule has 1 amide bonds. The van der Waals surface area contributed by atoms with E-state index in [0.717, 1.165) is 10.5 Å². The third-order valence-corrected chi connectivity index (χ3v) is 4.92. The van der Waals surface area contributed by atoms with Gasteiger partial charge in [0.15, 0.2) is 0 Å². The second kappa shape index (κ2) is 6.02. The standard InChI is InChI=1S/C16H12ClNO3S/c17-11-7-5-10(6-8-11)15-16(21)18(9-14(19)20)12-3-1-2-4-13(12)22-15/h1-8,15H,9H2,(H,19,20). The first kappa shape index (κ1) is 14.9. The first-order valence-corrected chi connectivity index (χ1v) is 7.86. The summed E-state index contributed by atoms with van der Waals surface area (Å²) < 4.78 is 0. The lowest BCUT2D eigenvalue weighted by molar-refractivity contribution is -0.136. The van der Waals surface area contributed by atoms with E-state index in [4.69, 9.17) is 16.7 Å². The summed E-state index contributed by atoms with van der Waals surface area (Å²) in [7, 11) is 0.